The van der Waals surface area contributed by atoms with Crippen molar-refractivity contribution in [3.05, 3.63) is 29.6 Å². The lowest BCUT2D eigenvalue weighted by molar-refractivity contribution is -0.141. The summed E-state index contributed by atoms with van der Waals surface area (Å²) in [5, 5.41) is 2.92. The van der Waals surface area contributed by atoms with Crippen molar-refractivity contribution in [1.82, 2.24) is 15.2 Å². The van der Waals surface area contributed by atoms with Gasteiger partial charge in [0.25, 0.3) is 5.91 Å². The number of nitrogens with zero attached hydrogens (tertiary/aromatic N) is 2. The van der Waals surface area contributed by atoms with Gasteiger partial charge in [0.15, 0.2) is 0 Å². The molecule has 0 unspecified atom stereocenters. The number of esters is 1. The third-order valence-corrected chi connectivity index (χ3v) is 4.37. The van der Waals surface area contributed by atoms with E-state index in [1.165, 1.54) is 18.2 Å². The third-order valence-electron chi connectivity index (χ3n) is 4.37. The molecule has 1 saturated carbocycles. The first-order valence-electron chi connectivity index (χ1n) is 7.62. The van der Waals surface area contributed by atoms with Crippen LogP contribution in [0.25, 0.3) is 0 Å². The van der Waals surface area contributed by atoms with E-state index in [2.05, 4.69) is 10.3 Å². The molecular weight excluding hydrogens is 298 g/mol. The summed E-state index contributed by atoms with van der Waals surface area (Å²) in [7, 11) is 2.88. The molecule has 7 heteroatoms. The Hall–Kier alpha value is -2.44. The second-order valence-electron chi connectivity index (χ2n) is 5.97. The largest absolute Gasteiger partial charge is 0.469 e. The molecule has 1 aromatic heterocycles. The fourth-order valence-electron chi connectivity index (χ4n) is 2.99. The zero-order valence-electron chi connectivity index (χ0n) is 13.1. The van der Waals surface area contributed by atoms with E-state index in [0.29, 0.717) is 11.3 Å². The molecule has 0 spiro atoms. The van der Waals surface area contributed by atoms with Gasteiger partial charge in [0.05, 0.1) is 13.5 Å². The first-order chi connectivity index (χ1) is 11.0. The number of likely N-dealkylation sites (N-methyl/N-ethyl adjacent to an activating group) is 1. The first-order valence-corrected chi connectivity index (χ1v) is 7.62. The lowest BCUT2D eigenvalue weighted by Crippen LogP contribution is -2.54. The van der Waals surface area contributed by atoms with Crippen molar-refractivity contribution in [3.8, 4) is 0 Å². The van der Waals surface area contributed by atoms with Crippen LogP contribution >= 0.6 is 0 Å². The number of carbonyl (C=O) groups excluding carboxylic acids is 3. The van der Waals surface area contributed by atoms with Gasteiger partial charge in [-0.25, -0.2) is 0 Å². The van der Waals surface area contributed by atoms with Crippen molar-refractivity contribution >= 4 is 17.8 Å². The van der Waals surface area contributed by atoms with Crippen molar-refractivity contribution in [2.45, 2.75) is 37.3 Å². The Balaban J connectivity index is 1.98. The minimum atomic E-state index is -0.737. The van der Waals surface area contributed by atoms with Crippen LogP contribution in [0.2, 0.25) is 0 Å². The molecule has 0 radical (unpaired) electrons. The topological polar surface area (TPSA) is 88.6 Å². The van der Waals surface area contributed by atoms with Crippen LogP contribution in [0.3, 0.4) is 0 Å². The van der Waals surface area contributed by atoms with Gasteiger partial charge >= 0.3 is 5.97 Å². The molecule has 0 bridgehead atoms. The van der Waals surface area contributed by atoms with Crippen LogP contribution in [-0.2, 0) is 14.3 Å². The smallest absolute Gasteiger partial charge is 0.306 e. The fraction of sp³-hybridized carbons (Fsp3) is 0.500. The Morgan fingerprint density at radius 1 is 1.43 bits per heavy atom. The van der Waals surface area contributed by atoms with Crippen LogP contribution < -0.4 is 5.32 Å². The summed E-state index contributed by atoms with van der Waals surface area (Å²) in [5.74, 6) is -1.42. The highest BCUT2D eigenvalue weighted by molar-refractivity contribution is 6.00. The lowest BCUT2D eigenvalue weighted by Gasteiger charge is -2.38. The van der Waals surface area contributed by atoms with Gasteiger partial charge in [-0.05, 0) is 24.5 Å². The van der Waals surface area contributed by atoms with Gasteiger partial charge in [-0.3, -0.25) is 19.4 Å². The van der Waals surface area contributed by atoms with E-state index in [4.69, 9.17) is 4.74 Å². The molecule has 2 heterocycles. The summed E-state index contributed by atoms with van der Waals surface area (Å²) >= 11 is 0. The van der Waals surface area contributed by atoms with Crippen LogP contribution in [0.5, 0.6) is 0 Å². The number of nitrogens with one attached hydrogen (secondary N) is 1. The molecule has 1 N–H and O–H groups in total. The maximum absolute atomic E-state index is 12.6. The van der Waals surface area contributed by atoms with Crippen LogP contribution in [0.4, 0.5) is 0 Å². The molecule has 3 rings (SSSR count). The summed E-state index contributed by atoms with van der Waals surface area (Å²) in [6, 6.07) is 2.90. The van der Waals surface area contributed by atoms with E-state index in [9.17, 15) is 14.4 Å². The second-order valence-corrected chi connectivity index (χ2v) is 5.97. The number of ether oxygens (including phenoxy) is 1. The van der Waals surface area contributed by atoms with Gasteiger partial charge in [0.2, 0.25) is 5.91 Å². The monoisotopic (exact) mass is 317 g/mol. The van der Waals surface area contributed by atoms with Gasteiger partial charge in [-0.15, -0.1) is 0 Å². The molecule has 0 saturated heterocycles. The molecule has 0 aromatic carbocycles. The van der Waals surface area contributed by atoms with Crippen molar-refractivity contribution in [1.29, 1.82) is 0 Å². The molecule has 7 nitrogen and oxygen atoms in total. The van der Waals surface area contributed by atoms with E-state index in [1.54, 1.807) is 19.2 Å². The number of pyridine rings is 1. The number of hydrogen-bond donors (Lipinski definition) is 1. The minimum absolute atomic E-state index is 0.0234. The third kappa shape index (κ3) is 2.91. The van der Waals surface area contributed by atoms with Gasteiger partial charge in [-0.1, -0.05) is 6.07 Å². The maximum Gasteiger partial charge on any atom is 0.306 e. The number of methoxy groups -OCH3 is 1. The molecule has 2 aliphatic rings. The number of hydrogen-bond acceptors (Lipinski definition) is 5. The van der Waals surface area contributed by atoms with Gasteiger partial charge < -0.3 is 15.0 Å². The maximum atomic E-state index is 12.6. The van der Waals surface area contributed by atoms with Crippen LogP contribution in [-0.4, -0.2) is 53.9 Å². The van der Waals surface area contributed by atoms with Gasteiger partial charge in [-0.2, -0.15) is 0 Å². The van der Waals surface area contributed by atoms with Crippen molar-refractivity contribution < 1.29 is 19.1 Å². The first kappa shape index (κ1) is 15.5. The van der Waals surface area contributed by atoms with E-state index < -0.39 is 17.9 Å². The predicted molar refractivity (Wildman–Crippen MR) is 80.7 cm³/mol. The Morgan fingerprint density at radius 2 is 2.17 bits per heavy atom. The van der Waals surface area contributed by atoms with E-state index >= 15 is 0 Å². The number of carbonyl (C=O) groups is 3. The van der Waals surface area contributed by atoms with Gasteiger partial charge in [0.1, 0.15) is 11.7 Å². The van der Waals surface area contributed by atoms with Crippen LogP contribution in [0.1, 0.15) is 41.2 Å². The molecule has 122 valence electrons. The standard InChI is InChI=1S/C16H19N3O4/c1-19-14(15(21)18-9-5-6-9)11(8-12(20)23-2)10-4-3-7-17-13(10)16(19)22/h3-4,7,9,11,14H,5-6,8H2,1-2H3,(H,18,21)/t11-,14-/m0/s1. The minimum Gasteiger partial charge on any atom is -0.469 e. The number of aromatic nitrogens is 1. The predicted octanol–water partition coefficient (Wildman–Crippen LogP) is 0.461. The zero-order valence-corrected chi connectivity index (χ0v) is 13.1. The normalized spacial score (nSPS) is 23.2. The van der Waals surface area contributed by atoms with E-state index in [-0.39, 0.29) is 24.3 Å². The average molecular weight is 317 g/mol. The Morgan fingerprint density at radius 3 is 2.83 bits per heavy atom. The van der Waals surface area contributed by atoms with Crippen LogP contribution in [0, 0.1) is 0 Å². The SMILES string of the molecule is COC(=O)C[C@H]1c2cccnc2C(=O)N(C)[C@@H]1C(=O)NC1CC1. The molecule has 23 heavy (non-hydrogen) atoms. The molecular formula is C16H19N3O4. The number of amides is 2. The molecule has 1 aromatic rings. The average Bonchev–Trinajstić information content (AvgIpc) is 3.36. The highest BCUT2D eigenvalue weighted by atomic mass is 16.5. The second kappa shape index (κ2) is 5.98. The van der Waals surface area contributed by atoms with Gasteiger partial charge in [0, 0.05) is 25.2 Å². The van der Waals surface area contributed by atoms with Crippen LogP contribution in [0.15, 0.2) is 18.3 Å². The summed E-state index contributed by atoms with van der Waals surface area (Å²) in [6.45, 7) is 0. The van der Waals surface area contributed by atoms with E-state index in [1.807, 2.05) is 0 Å². The lowest BCUT2D eigenvalue weighted by atomic mass is 9.82. The highest BCUT2D eigenvalue weighted by Gasteiger charge is 2.44. The number of rotatable bonds is 4. The van der Waals surface area contributed by atoms with Crippen molar-refractivity contribution in [2.75, 3.05) is 14.2 Å². The summed E-state index contributed by atoms with van der Waals surface area (Å²) in [6.07, 6.45) is 3.46. The highest BCUT2D eigenvalue weighted by Crippen LogP contribution is 2.35. The fourth-order valence-corrected chi connectivity index (χ4v) is 2.99. The number of fused-ring (bicyclic) bond motifs is 1. The Labute approximate surface area is 134 Å². The Kier molecular flexibility index (Phi) is 4.02. The summed E-state index contributed by atoms with van der Waals surface area (Å²) in [4.78, 5) is 42.4. The molecule has 2 atom stereocenters. The quantitative estimate of drug-likeness (QED) is 0.815. The molecule has 1 aliphatic heterocycles. The molecule has 1 aliphatic carbocycles. The van der Waals surface area contributed by atoms with Crippen molar-refractivity contribution in [3.63, 3.8) is 0 Å². The van der Waals surface area contributed by atoms with E-state index in [0.717, 1.165) is 12.8 Å². The summed E-state index contributed by atoms with van der Waals surface area (Å²) < 4.78 is 4.76. The molecule has 2 amide bonds. The molecule has 1 fully saturated rings. The zero-order chi connectivity index (χ0) is 16.6. The van der Waals surface area contributed by atoms with Crippen molar-refractivity contribution in [2.24, 2.45) is 0 Å². The Bertz CT molecular complexity index is 656. The summed E-state index contributed by atoms with van der Waals surface area (Å²) in [5.41, 5.74) is 0.913.